The Hall–Kier alpha value is -1.90. The number of piperidine rings is 1. The number of nitrogens with zero attached hydrogens (tertiary/aromatic N) is 5. The zero-order chi connectivity index (χ0) is 19.4. The topological polar surface area (TPSA) is 81.5 Å². The molecule has 7 heteroatoms. The number of hydrogen-bond donors (Lipinski definition) is 0. The zero-order valence-electron chi connectivity index (χ0n) is 16.5. The van der Waals surface area contributed by atoms with Crippen LogP contribution < -0.4 is 0 Å². The van der Waals surface area contributed by atoms with Gasteiger partial charge in [-0.05, 0) is 78.0 Å². The van der Waals surface area contributed by atoms with E-state index in [9.17, 15) is 4.79 Å². The van der Waals surface area contributed by atoms with Crippen LogP contribution >= 0.6 is 0 Å². The van der Waals surface area contributed by atoms with Crippen molar-refractivity contribution in [1.29, 1.82) is 0 Å². The van der Waals surface area contributed by atoms with Crippen LogP contribution in [-0.2, 0) is 4.74 Å². The summed E-state index contributed by atoms with van der Waals surface area (Å²) in [5, 5.41) is 3.80. The third-order valence-corrected chi connectivity index (χ3v) is 4.33. The lowest BCUT2D eigenvalue weighted by molar-refractivity contribution is 0.0244. The molecule has 0 aromatic carbocycles. The minimum atomic E-state index is -0.488. The number of amides is 1. The van der Waals surface area contributed by atoms with Gasteiger partial charge < -0.3 is 14.5 Å². The molecule has 0 bridgehead atoms. The van der Waals surface area contributed by atoms with E-state index in [1.165, 1.54) is 0 Å². The van der Waals surface area contributed by atoms with Crippen molar-refractivity contribution in [2.75, 3.05) is 32.7 Å². The van der Waals surface area contributed by atoms with E-state index in [1.807, 2.05) is 20.8 Å². The van der Waals surface area contributed by atoms with Crippen LogP contribution in [0.2, 0.25) is 0 Å². The van der Waals surface area contributed by atoms with Gasteiger partial charge in [-0.25, -0.2) is 4.79 Å². The summed E-state index contributed by atoms with van der Waals surface area (Å²) in [5.74, 6) is 2.62. The van der Waals surface area contributed by atoms with Crippen LogP contribution in [0.4, 0.5) is 4.79 Å². The fourth-order valence-electron chi connectivity index (χ4n) is 2.96. The summed E-state index contributed by atoms with van der Waals surface area (Å²) in [7, 11) is 0. The molecule has 0 radical (unpaired) electrons. The molecule has 0 unspecified atom stereocenters. The maximum Gasteiger partial charge on any atom is 0.410 e. The first kappa shape index (κ1) is 22.1. The van der Waals surface area contributed by atoms with Crippen LogP contribution in [0.3, 0.4) is 0 Å². The van der Waals surface area contributed by atoms with E-state index in [1.54, 1.807) is 4.90 Å². The lowest BCUT2D eigenvalue weighted by Gasteiger charge is -2.30. The number of ether oxygens (including phenoxy) is 1. The predicted octanol–water partition coefficient (Wildman–Crippen LogP) is 4.19. The summed E-state index contributed by atoms with van der Waals surface area (Å²) < 4.78 is 5.50. The van der Waals surface area contributed by atoms with Crippen LogP contribution in [0.5, 0.6) is 0 Å². The minimum absolute atomic E-state index is 0.148. The van der Waals surface area contributed by atoms with Gasteiger partial charge in [0.2, 0.25) is 0 Å². The third kappa shape index (κ3) is 9.55. The highest BCUT2D eigenvalue weighted by Gasteiger charge is 2.22. The Morgan fingerprint density at radius 3 is 2.54 bits per heavy atom. The molecule has 146 valence electrons. The van der Waals surface area contributed by atoms with Crippen LogP contribution in [0.1, 0.15) is 59.3 Å². The summed E-state index contributed by atoms with van der Waals surface area (Å²) in [6.07, 6.45) is 10.3. The molecule has 1 rings (SSSR count). The van der Waals surface area contributed by atoms with E-state index in [4.69, 9.17) is 16.7 Å². The van der Waals surface area contributed by atoms with E-state index < -0.39 is 5.60 Å². The van der Waals surface area contributed by atoms with Crippen LogP contribution in [0, 0.1) is 12.3 Å². The van der Waals surface area contributed by atoms with E-state index in [-0.39, 0.29) is 12.1 Å². The minimum Gasteiger partial charge on any atom is -0.444 e. The molecule has 1 fully saturated rings. The van der Waals surface area contributed by atoms with Gasteiger partial charge in [0, 0.05) is 30.5 Å². The molecule has 0 aromatic heterocycles. The normalized spacial score (nSPS) is 15.8. The third-order valence-electron chi connectivity index (χ3n) is 4.33. The van der Waals surface area contributed by atoms with E-state index >= 15 is 0 Å². The maximum atomic E-state index is 12.3. The maximum absolute atomic E-state index is 12.3. The Morgan fingerprint density at radius 1 is 1.31 bits per heavy atom. The van der Waals surface area contributed by atoms with Crippen molar-refractivity contribution in [3.05, 3.63) is 10.4 Å². The molecule has 1 aliphatic heterocycles. The van der Waals surface area contributed by atoms with Crippen molar-refractivity contribution in [2.24, 2.45) is 5.11 Å². The Morgan fingerprint density at radius 2 is 1.96 bits per heavy atom. The lowest BCUT2D eigenvalue weighted by Crippen LogP contribution is -2.39. The molecule has 0 aliphatic carbocycles. The standard InChI is InChI=1S/C19H33N5O2/c1-5-6-7-13-24(18(25)26-19(2,3)4)14-9-8-12-23-15-10-17(11-16-23)21-22-20/h1,17H,6-16H2,2-4H3. The van der Waals surface area contributed by atoms with Crippen molar-refractivity contribution in [3.8, 4) is 12.3 Å². The molecule has 1 saturated heterocycles. The number of azide groups is 1. The number of carbonyl (C=O) groups is 1. The highest BCUT2D eigenvalue weighted by Crippen LogP contribution is 2.15. The molecule has 0 aromatic rings. The molecule has 1 aliphatic rings. The number of carbonyl (C=O) groups excluding carboxylic acids is 1. The lowest BCUT2D eigenvalue weighted by atomic mass is 10.1. The summed E-state index contributed by atoms with van der Waals surface area (Å²) >= 11 is 0. The largest absolute Gasteiger partial charge is 0.444 e. The molecule has 0 saturated carbocycles. The van der Waals surface area contributed by atoms with Gasteiger partial charge in [-0.15, -0.1) is 12.3 Å². The highest BCUT2D eigenvalue weighted by molar-refractivity contribution is 5.68. The van der Waals surface area contributed by atoms with Gasteiger partial charge >= 0.3 is 6.09 Å². The zero-order valence-corrected chi connectivity index (χ0v) is 16.5. The number of rotatable bonds is 9. The number of terminal acetylenes is 1. The number of unbranched alkanes of at least 4 members (excludes halogenated alkanes) is 2. The Kier molecular flexibility index (Phi) is 9.93. The van der Waals surface area contributed by atoms with Gasteiger partial charge in [0.25, 0.3) is 0 Å². The van der Waals surface area contributed by atoms with Crippen molar-refractivity contribution in [1.82, 2.24) is 9.80 Å². The van der Waals surface area contributed by atoms with Crippen LogP contribution in [-0.4, -0.2) is 60.3 Å². The summed E-state index contributed by atoms with van der Waals surface area (Å²) in [6, 6.07) is 0.148. The first-order valence-corrected chi connectivity index (χ1v) is 9.53. The molecular formula is C19H33N5O2. The fourth-order valence-corrected chi connectivity index (χ4v) is 2.96. The quantitative estimate of drug-likeness (QED) is 0.202. The van der Waals surface area contributed by atoms with Gasteiger partial charge in [-0.2, -0.15) is 0 Å². The first-order valence-electron chi connectivity index (χ1n) is 9.53. The molecule has 7 nitrogen and oxygen atoms in total. The Balaban J connectivity index is 2.33. The van der Waals surface area contributed by atoms with Crippen LogP contribution in [0.15, 0.2) is 5.11 Å². The molecule has 1 heterocycles. The van der Waals surface area contributed by atoms with Crippen LogP contribution in [0.25, 0.3) is 10.4 Å². The molecule has 0 atom stereocenters. The second-order valence-electron chi connectivity index (χ2n) is 7.76. The second-order valence-corrected chi connectivity index (χ2v) is 7.76. The number of likely N-dealkylation sites (tertiary alicyclic amines) is 1. The molecule has 0 N–H and O–H groups in total. The monoisotopic (exact) mass is 363 g/mol. The first-order chi connectivity index (χ1) is 12.4. The van der Waals surface area contributed by atoms with Gasteiger partial charge in [-0.3, -0.25) is 0 Å². The van der Waals surface area contributed by atoms with Crippen molar-refractivity contribution in [2.45, 2.75) is 70.9 Å². The van der Waals surface area contributed by atoms with Gasteiger partial charge in [-0.1, -0.05) is 5.11 Å². The summed E-state index contributed by atoms with van der Waals surface area (Å²) in [5.41, 5.74) is 8.01. The van der Waals surface area contributed by atoms with Crippen molar-refractivity contribution < 1.29 is 9.53 Å². The van der Waals surface area contributed by atoms with Gasteiger partial charge in [0.05, 0.1) is 0 Å². The van der Waals surface area contributed by atoms with E-state index in [0.717, 1.165) is 51.7 Å². The average Bonchev–Trinajstić information content (AvgIpc) is 2.57. The van der Waals surface area contributed by atoms with Gasteiger partial charge in [0.1, 0.15) is 5.60 Å². The molecule has 0 spiro atoms. The fraction of sp³-hybridized carbons (Fsp3) is 0.842. The van der Waals surface area contributed by atoms with E-state index in [2.05, 4.69) is 20.8 Å². The highest BCUT2D eigenvalue weighted by atomic mass is 16.6. The van der Waals surface area contributed by atoms with Crippen molar-refractivity contribution in [3.63, 3.8) is 0 Å². The Bertz CT molecular complexity index is 509. The SMILES string of the molecule is C#CCCCN(CCCCN1CCC(N=[N+]=[N-])CC1)C(=O)OC(C)(C)C. The molecule has 1 amide bonds. The van der Waals surface area contributed by atoms with Gasteiger partial charge in [0.15, 0.2) is 0 Å². The van der Waals surface area contributed by atoms with E-state index in [0.29, 0.717) is 19.5 Å². The predicted molar refractivity (Wildman–Crippen MR) is 104 cm³/mol. The average molecular weight is 364 g/mol. The molecule has 26 heavy (non-hydrogen) atoms. The Labute approximate surface area is 157 Å². The molecular weight excluding hydrogens is 330 g/mol. The van der Waals surface area contributed by atoms with Crippen molar-refractivity contribution >= 4 is 6.09 Å². The smallest absolute Gasteiger partial charge is 0.410 e. The summed E-state index contributed by atoms with van der Waals surface area (Å²) in [4.78, 5) is 19.4. The summed E-state index contributed by atoms with van der Waals surface area (Å²) in [6.45, 7) is 9.92. The second kappa shape index (κ2) is 11.7. The number of hydrogen-bond acceptors (Lipinski definition) is 4.